The molecule has 6 nitrogen and oxygen atoms in total. The maximum Gasteiger partial charge on any atom is 0.255 e. The Kier molecular flexibility index (Phi) is 4.63. The van der Waals surface area contributed by atoms with E-state index in [2.05, 4.69) is 10.3 Å². The summed E-state index contributed by atoms with van der Waals surface area (Å²) in [5, 5.41) is 12.6. The number of nitrogens with one attached hydrogen (secondary N) is 1. The van der Waals surface area contributed by atoms with Gasteiger partial charge in [-0.15, -0.1) is 0 Å². The number of phenolic OH excluding ortho intramolecular Hbond substituents is 1. The van der Waals surface area contributed by atoms with Crippen LogP contribution < -0.4 is 5.32 Å². The van der Waals surface area contributed by atoms with Gasteiger partial charge in [0.2, 0.25) is 5.91 Å². The van der Waals surface area contributed by atoms with Gasteiger partial charge in [-0.25, -0.2) is 0 Å². The maximum atomic E-state index is 12.5. The summed E-state index contributed by atoms with van der Waals surface area (Å²) in [7, 11) is 0. The number of amides is 2. The van der Waals surface area contributed by atoms with Gasteiger partial charge in [-0.1, -0.05) is 12.1 Å². The first-order chi connectivity index (χ1) is 13.4. The molecule has 0 radical (unpaired) electrons. The van der Waals surface area contributed by atoms with Crippen LogP contribution in [0.1, 0.15) is 34.5 Å². The highest BCUT2D eigenvalue weighted by atomic mass is 16.3. The highest BCUT2D eigenvalue weighted by Crippen LogP contribution is 2.46. The van der Waals surface area contributed by atoms with Crippen LogP contribution in [0, 0.1) is 12.8 Å². The van der Waals surface area contributed by atoms with Crippen molar-refractivity contribution in [1.29, 1.82) is 0 Å². The lowest BCUT2D eigenvalue weighted by molar-refractivity contribution is -0.118. The molecule has 2 aromatic rings. The Balaban J connectivity index is 1.31. The second-order valence-corrected chi connectivity index (χ2v) is 7.67. The molecule has 4 rings (SSSR count). The number of nitrogens with zero attached hydrogens (tertiary/aromatic N) is 2. The molecule has 1 aliphatic heterocycles. The molecule has 28 heavy (non-hydrogen) atoms. The lowest BCUT2D eigenvalue weighted by atomic mass is 9.88. The molecule has 144 valence electrons. The van der Waals surface area contributed by atoms with Gasteiger partial charge in [-0.05, 0) is 55.7 Å². The van der Waals surface area contributed by atoms with Gasteiger partial charge < -0.3 is 15.3 Å². The molecule has 2 fully saturated rings. The van der Waals surface area contributed by atoms with E-state index in [1.807, 2.05) is 24.0 Å². The first-order valence-corrected chi connectivity index (χ1v) is 9.46. The summed E-state index contributed by atoms with van der Waals surface area (Å²) in [5.41, 5.74) is 2.07. The van der Waals surface area contributed by atoms with Gasteiger partial charge in [0.25, 0.3) is 5.91 Å². The van der Waals surface area contributed by atoms with Crippen LogP contribution in [0.4, 0.5) is 0 Å². The largest absolute Gasteiger partial charge is 0.508 e. The van der Waals surface area contributed by atoms with Crippen LogP contribution in [0.15, 0.2) is 48.7 Å². The zero-order chi connectivity index (χ0) is 19.7. The highest BCUT2D eigenvalue weighted by molar-refractivity contribution is 5.95. The smallest absolute Gasteiger partial charge is 0.255 e. The van der Waals surface area contributed by atoms with E-state index in [9.17, 15) is 14.7 Å². The number of benzene rings is 1. The van der Waals surface area contributed by atoms with Crippen LogP contribution in [0.5, 0.6) is 5.75 Å². The fourth-order valence-corrected chi connectivity index (χ4v) is 3.63. The third-order valence-electron chi connectivity index (χ3n) is 5.57. The summed E-state index contributed by atoms with van der Waals surface area (Å²) in [5.74, 6) is 0.306. The van der Waals surface area contributed by atoms with Gasteiger partial charge in [0.15, 0.2) is 0 Å². The van der Waals surface area contributed by atoms with Crippen molar-refractivity contribution in [2.24, 2.45) is 5.92 Å². The van der Waals surface area contributed by atoms with Crippen molar-refractivity contribution < 1.29 is 14.7 Å². The number of phenols is 1. The van der Waals surface area contributed by atoms with Crippen LogP contribution in [0.25, 0.3) is 6.08 Å². The van der Waals surface area contributed by atoms with Gasteiger partial charge in [0, 0.05) is 42.5 Å². The number of carbonyl (C=O) groups excluding carboxylic acids is 2. The summed E-state index contributed by atoms with van der Waals surface area (Å²) in [6.45, 7) is 3.20. The van der Waals surface area contributed by atoms with Gasteiger partial charge in [0.1, 0.15) is 5.75 Å². The number of likely N-dealkylation sites (tertiary alicyclic amines) is 1. The second kappa shape index (κ2) is 7.11. The molecule has 1 aromatic carbocycles. The number of hydrogen-bond donors (Lipinski definition) is 2. The molecule has 2 aliphatic rings. The zero-order valence-electron chi connectivity index (χ0n) is 15.8. The van der Waals surface area contributed by atoms with Crippen LogP contribution >= 0.6 is 0 Å². The quantitative estimate of drug-likeness (QED) is 0.785. The fourth-order valence-electron chi connectivity index (χ4n) is 3.63. The van der Waals surface area contributed by atoms with Crippen molar-refractivity contribution in [3.05, 3.63) is 65.5 Å². The van der Waals surface area contributed by atoms with Crippen LogP contribution in [-0.4, -0.2) is 45.4 Å². The summed E-state index contributed by atoms with van der Waals surface area (Å²) in [4.78, 5) is 30.8. The average molecular weight is 377 g/mol. The first kappa shape index (κ1) is 18.2. The minimum absolute atomic E-state index is 0.00495. The predicted octanol–water partition coefficient (Wildman–Crippen LogP) is 2.53. The molecule has 1 saturated carbocycles. The molecule has 6 heteroatoms. The Labute approximate surface area is 163 Å². The van der Waals surface area contributed by atoms with E-state index in [4.69, 9.17) is 0 Å². The summed E-state index contributed by atoms with van der Waals surface area (Å²) >= 11 is 0. The van der Waals surface area contributed by atoms with Crippen molar-refractivity contribution in [2.45, 2.75) is 25.3 Å². The molecule has 2 heterocycles. The number of aromatic hydroxyl groups is 1. The summed E-state index contributed by atoms with van der Waals surface area (Å²) < 4.78 is 0. The minimum atomic E-state index is -0.192. The van der Waals surface area contributed by atoms with E-state index in [-0.39, 0.29) is 29.0 Å². The second-order valence-electron chi connectivity index (χ2n) is 7.67. The normalized spacial score (nSPS) is 18.0. The van der Waals surface area contributed by atoms with Crippen LogP contribution in [0.2, 0.25) is 0 Å². The van der Waals surface area contributed by atoms with E-state index in [1.54, 1.807) is 36.5 Å². The summed E-state index contributed by atoms with van der Waals surface area (Å²) in [6, 6.07) is 10.4. The lowest BCUT2D eigenvalue weighted by Gasteiger charge is -2.44. The Morgan fingerprint density at radius 2 is 2.04 bits per heavy atom. The van der Waals surface area contributed by atoms with E-state index in [0.717, 1.165) is 24.1 Å². The average Bonchev–Trinajstić information content (AvgIpc) is 3.39. The third kappa shape index (κ3) is 3.76. The minimum Gasteiger partial charge on any atom is -0.508 e. The van der Waals surface area contributed by atoms with Crippen LogP contribution in [-0.2, 0) is 4.79 Å². The van der Waals surface area contributed by atoms with Gasteiger partial charge >= 0.3 is 0 Å². The molecule has 1 aromatic heterocycles. The molecule has 0 atom stereocenters. The van der Waals surface area contributed by atoms with Crippen molar-refractivity contribution >= 4 is 17.9 Å². The molecule has 0 bridgehead atoms. The number of carbonyl (C=O) groups is 2. The molecule has 2 amide bonds. The number of hydrogen-bond acceptors (Lipinski definition) is 4. The molecule has 1 aliphatic carbocycles. The zero-order valence-corrected chi connectivity index (χ0v) is 15.8. The Morgan fingerprint density at radius 1 is 1.25 bits per heavy atom. The lowest BCUT2D eigenvalue weighted by Crippen LogP contribution is -2.59. The topological polar surface area (TPSA) is 82.5 Å². The van der Waals surface area contributed by atoms with E-state index < -0.39 is 0 Å². The number of pyridine rings is 1. The van der Waals surface area contributed by atoms with Crippen LogP contribution in [0.3, 0.4) is 0 Å². The van der Waals surface area contributed by atoms with Gasteiger partial charge in [0.05, 0.1) is 5.56 Å². The van der Waals surface area contributed by atoms with Crippen molar-refractivity contribution in [2.75, 3.05) is 13.1 Å². The monoisotopic (exact) mass is 377 g/mol. The Morgan fingerprint density at radius 3 is 2.68 bits per heavy atom. The molecular formula is C22H23N3O3. The van der Waals surface area contributed by atoms with Gasteiger partial charge in [-0.3, -0.25) is 14.6 Å². The van der Waals surface area contributed by atoms with E-state index in [1.165, 1.54) is 6.08 Å². The highest BCUT2D eigenvalue weighted by Gasteiger charge is 2.55. The number of aromatic nitrogens is 1. The standard InChI is InChI=1S/C22H23N3O3/c1-15-5-7-17(12-23-15)21(28)25-13-18(14-25)22(9-10-22)24-20(27)8-6-16-3-2-4-19(26)11-16/h2-8,11-12,18,26H,9-10,13-14H2,1H3,(H,24,27)/b8-6+. The molecule has 2 N–H and O–H groups in total. The predicted molar refractivity (Wildman–Crippen MR) is 106 cm³/mol. The van der Waals surface area contributed by atoms with Crippen molar-refractivity contribution in [3.8, 4) is 5.75 Å². The third-order valence-corrected chi connectivity index (χ3v) is 5.57. The van der Waals surface area contributed by atoms with Gasteiger partial charge in [-0.2, -0.15) is 0 Å². The Hall–Kier alpha value is -3.15. The fraction of sp³-hybridized carbons (Fsp3) is 0.318. The molecule has 0 spiro atoms. The molecule has 1 saturated heterocycles. The van der Waals surface area contributed by atoms with E-state index in [0.29, 0.717) is 18.7 Å². The number of aryl methyl sites for hydroxylation is 1. The maximum absolute atomic E-state index is 12.5. The molecular weight excluding hydrogens is 354 g/mol. The SMILES string of the molecule is Cc1ccc(C(=O)N2CC(C3(NC(=O)/C=C/c4cccc(O)c4)CC3)C2)cn1. The Bertz CT molecular complexity index is 926. The van der Waals surface area contributed by atoms with Crippen molar-refractivity contribution in [3.63, 3.8) is 0 Å². The molecule has 0 unspecified atom stereocenters. The van der Waals surface area contributed by atoms with E-state index >= 15 is 0 Å². The van der Waals surface area contributed by atoms with Crippen molar-refractivity contribution in [1.82, 2.24) is 15.2 Å². The number of rotatable bonds is 5. The first-order valence-electron chi connectivity index (χ1n) is 9.46. The summed E-state index contributed by atoms with van der Waals surface area (Å²) in [6.07, 6.45) is 6.68.